The monoisotopic (exact) mass is 345 g/mol. The van der Waals surface area contributed by atoms with Gasteiger partial charge in [0.2, 0.25) is 0 Å². The van der Waals surface area contributed by atoms with Crippen molar-refractivity contribution in [3.8, 4) is 0 Å². The van der Waals surface area contributed by atoms with Crippen LogP contribution < -0.4 is 5.11 Å². The van der Waals surface area contributed by atoms with Crippen molar-refractivity contribution in [1.82, 2.24) is 0 Å². The number of carbonyl (C=O) groups excluding carboxylic acids is 1. The van der Waals surface area contributed by atoms with Gasteiger partial charge in [-0.1, -0.05) is 51.1 Å². The van der Waals surface area contributed by atoms with Crippen LogP contribution in [0, 0.1) is 0 Å². The molecular formula is C18H32ClNO3. The van der Waals surface area contributed by atoms with Crippen LogP contribution in [0.1, 0.15) is 50.4 Å². The van der Waals surface area contributed by atoms with Crippen molar-refractivity contribution in [1.29, 1.82) is 0 Å². The van der Waals surface area contributed by atoms with Crippen molar-refractivity contribution >= 4 is 18.4 Å². The van der Waals surface area contributed by atoms with Gasteiger partial charge in [-0.05, 0) is 24.8 Å². The Labute approximate surface area is 147 Å². The number of rotatable bonds is 9. The Bertz CT molecular complexity index is 369. The van der Waals surface area contributed by atoms with E-state index in [9.17, 15) is 9.90 Å². The van der Waals surface area contributed by atoms with Crippen LogP contribution in [0.4, 0.5) is 0 Å². The van der Waals surface area contributed by atoms with Gasteiger partial charge in [0, 0.05) is 0 Å². The third-order valence-electron chi connectivity index (χ3n) is 3.68. The Kier molecular flexibility index (Phi) is 15.2. The number of nitrogens with zero attached hydrogens (tertiary/aromatic N) is 1. The molecule has 1 N–H and O–H groups in total. The lowest BCUT2D eigenvalue weighted by atomic mass is 10.2. The fourth-order valence-electron chi connectivity index (χ4n) is 2.88. The average molecular weight is 346 g/mol. The van der Waals surface area contributed by atoms with Crippen molar-refractivity contribution < 1.29 is 19.5 Å². The minimum Gasteiger partial charge on any atom is -0.545 e. The summed E-state index contributed by atoms with van der Waals surface area (Å²) in [4.78, 5) is 10.1. The Hall–Kier alpha value is -1.10. The molecule has 0 heterocycles. The number of carbonyl (C=O) groups is 1. The molecule has 0 aliphatic carbocycles. The number of aromatic carboxylic acids is 1. The number of hydrogen-bond acceptors (Lipinski definition) is 3. The van der Waals surface area contributed by atoms with Crippen molar-refractivity contribution in [2.24, 2.45) is 0 Å². The van der Waals surface area contributed by atoms with Gasteiger partial charge in [0.1, 0.15) is 6.54 Å². The summed E-state index contributed by atoms with van der Waals surface area (Å²) in [6.45, 7) is 11.6. The number of aliphatic hydroxyl groups is 1. The number of hydrogen-bond donors (Lipinski definition) is 1. The first-order valence-corrected chi connectivity index (χ1v) is 8.27. The summed E-state index contributed by atoms with van der Waals surface area (Å²) in [6, 6.07) is 8.06. The predicted octanol–water partition coefficient (Wildman–Crippen LogP) is 2.50. The molecule has 1 aromatic rings. The topological polar surface area (TPSA) is 60.4 Å². The summed E-state index contributed by atoms with van der Waals surface area (Å²) in [5, 5.41) is 19.2. The molecule has 1 rings (SSSR count). The van der Waals surface area contributed by atoms with Gasteiger partial charge < -0.3 is 19.5 Å². The van der Waals surface area contributed by atoms with E-state index in [-0.39, 0.29) is 18.0 Å². The molecule has 0 aliphatic heterocycles. The van der Waals surface area contributed by atoms with Crippen LogP contribution in [-0.2, 0) is 0 Å². The van der Waals surface area contributed by atoms with E-state index in [2.05, 4.69) is 20.8 Å². The van der Waals surface area contributed by atoms with E-state index in [0.717, 1.165) is 11.0 Å². The SMILES string of the molecule is CCC[N+](CCC)(CCC)CCO.Cl.O=C([O-])c1ccccc1. The highest BCUT2D eigenvalue weighted by Gasteiger charge is 2.23. The van der Waals surface area contributed by atoms with Gasteiger partial charge >= 0.3 is 0 Å². The summed E-state index contributed by atoms with van der Waals surface area (Å²) in [5.74, 6) is -1.13. The first kappa shape index (κ1) is 24.2. The molecule has 0 bridgehead atoms. The number of aliphatic hydroxyl groups excluding tert-OH is 1. The van der Waals surface area contributed by atoms with E-state index in [1.54, 1.807) is 18.2 Å². The Balaban J connectivity index is 0. The maximum absolute atomic E-state index is 10.1. The second kappa shape index (κ2) is 14.5. The highest BCUT2D eigenvalue weighted by atomic mass is 35.5. The summed E-state index contributed by atoms with van der Waals surface area (Å²) in [7, 11) is 0. The van der Waals surface area contributed by atoms with E-state index in [4.69, 9.17) is 5.11 Å². The molecule has 0 aromatic heterocycles. The van der Waals surface area contributed by atoms with E-state index in [1.165, 1.54) is 51.0 Å². The van der Waals surface area contributed by atoms with Crippen LogP contribution >= 0.6 is 12.4 Å². The molecule has 23 heavy (non-hydrogen) atoms. The maximum Gasteiger partial charge on any atom is 0.102 e. The Morgan fingerprint density at radius 3 is 1.65 bits per heavy atom. The summed E-state index contributed by atoms with van der Waals surface area (Å²) in [6.07, 6.45) is 3.67. The quantitative estimate of drug-likeness (QED) is 0.699. The van der Waals surface area contributed by atoms with Crippen LogP contribution in [0.15, 0.2) is 30.3 Å². The van der Waals surface area contributed by atoms with Crippen LogP contribution in [0.5, 0.6) is 0 Å². The van der Waals surface area contributed by atoms with E-state index < -0.39 is 5.97 Å². The van der Waals surface area contributed by atoms with Crippen LogP contribution in [0.2, 0.25) is 0 Å². The fourth-order valence-corrected chi connectivity index (χ4v) is 2.88. The predicted molar refractivity (Wildman–Crippen MR) is 95.7 cm³/mol. The number of benzene rings is 1. The Morgan fingerprint density at radius 2 is 1.39 bits per heavy atom. The molecule has 0 saturated heterocycles. The second-order valence-corrected chi connectivity index (χ2v) is 5.61. The van der Waals surface area contributed by atoms with E-state index in [0.29, 0.717) is 6.61 Å². The van der Waals surface area contributed by atoms with Gasteiger partial charge in [-0.15, -0.1) is 12.4 Å². The average Bonchev–Trinajstić information content (AvgIpc) is 2.50. The summed E-state index contributed by atoms with van der Waals surface area (Å²) in [5.41, 5.74) is 0.220. The highest BCUT2D eigenvalue weighted by molar-refractivity contribution is 5.85. The minimum absolute atomic E-state index is 0. The van der Waals surface area contributed by atoms with Crippen molar-refractivity contribution in [2.75, 3.05) is 32.8 Å². The molecular weight excluding hydrogens is 314 g/mol. The molecule has 0 radical (unpaired) electrons. The third-order valence-corrected chi connectivity index (χ3v) is 3.68. The molecule has 0 amide bonds. The van der Waals surface area contributed by atoms with Gasteiger partial charge in [-0.2, -0.15) is 0 Å². The lowest BCUT2D eigenvalue weighted by Gasteiger charge is -2.38. The van der Waals surface area contributed by atoms with Crippen molar-refractivity contribution in [3.63, 3.8) is 0 Å². The first-order valence-electron chi connectivity index (χ1n) is 8.27. The van der Waals surface area contributed by atoms with Crippen LogP contribution in [0.3, 0.4) is 0 Å². The first-order chi connectivity index (χ1) is 10.5. The molecule has 134 valence electrons. The lowest BCUT2D eigenvalue weighted by Crippen LogP contribution is -2.51. The molecule has 0 fully saturated rings. The molecule has 5 heteroatoms. The lowest BCUT2D eigenvalue weighted by molar-refractivity contribution is -0.928. The van der Waals surface area contributed by atoms with Crippen molar-refractivity contribution in [2.45, 2.75) is 40.0 Å². The summed E-state index contributed by atoms with van der Waals surface area (Å²) >= 11 is 0. The van der Waals surface area contributed by atoms with Gasteiger partial charge in [0.25, 0.3) is 0 Å². The summed E-state index contributed by atoms with van der Waals surface area (Å²) < 4.78 is 1.12. The fraction of sp³-hybridized carbons (Fsp3) is 0.611. The highest BCUT2D eigenvalue weighted by Crippen LogP contribution is 2.10. The van der Waals surface area contributed by atoms with E-state index >= 15 is 0 Å². The molecule has 0 unspecified atom stereocenters. The maximum atomic E-state index is 10.1. The van der Waals surface area contributed by atoms with Crippen LogP contribution in [-0.4, -0.2) is 48.3 Å². The zero-order chi connectivity index (χ0) is 16.8. The number of carboxylic acids is 1. The minimum atomic E-state index is -1.13. The van der Waals surface area contributed by atoms with E-state index in [1.807, 2.05) is 0 Å². The molecule has 0 saturated carbocycles. The smallest absolute Gasteiger partial charge is 0.102 e. The molecule has 0 atom stereocenters. The number of quaternary nitrogens is 1. The molecule has 0 spiro atoms. The zero-order valence-corrected chi connectivity index (χ0v) is 15.5. The standard InChI is InChI=1S/C11H26NO.C7H6O2.ClH/c1-4-7-12(8-5-2,9-6-3)10-11-13;8-7(9)6-4-2-1-3-5-6;/h13H,4-11H2,1-3H3;1-5H,(H,8,9);1H/q+1;;/p-1. The second-order valence-electron chi connectivity index (χ2n) is 5.61. The molecule has 0 aliphatic rings. The van der Waals surface area contributed by atoms with Crippen molar-refractivity contribution in [3.05, 3.63) is 35.9 Å². The number of halogens is 1. The molecule has 1 aromatic carbocycles. The number of carboxylic acid groups (broad SMARTS) is 1. The van der Waals surface area contributed by atoms with Gasteiger partial charge in [0.05, 0.1) is 32.2 Å². The largest absolute Gasteiger partial charge is 0.545 e. The normalized spacial score (nSPS) is 10.3. The van der Waals surface area contributed by atoms with Gasteiger partial charge in [0.15, 0.2) is 0 Å². The van der Waals surface area contributed by atoms with Crippen LogP contribution in [0.25, 0.3) is 0 Å². The Morgan fingerprint density at radius 1 is 0.957 bits per heavy atom. The zero-order valence-electron chi connectivity index (χ0n) is 14.7. The third kappa shape index (κ3) is 10.3. The van der Waals surface area contributed by atoms with Gasteiger partial charge in [-0.3, -0.25) is 0 Å². The molecule has 4 nitrogen and oxygen atoms in total. The van der Waals surface area contributed by atoms with Gasteiger partial charge in [-0.25, -0.2) is 0 Å².